The molecular formula is C9H6O3S. The highest BCUT2D eigenvalue weighted by Gasteiger charge is 2.26. The van der Waals surface area contributed by atoms with E-state index in [0.717, 1.165) is 4.88 Å². The fraction of sp³-hybridized carbons (Fsp3) is 0.111. The van der Waals surface area contributed by atoms with Gasteiger partial charge in [-0.1, -0.05) is 6.07 Å². The predicted octanol–water partition coefficient (Wildman–Crippen LogP) is 1.60. The zero-order chi connectivity index (χ0) is 9.26. The minimum Gasteiger partial charge on any atom is -0.389 e. The first-order valence-electron chi connectivity index (χ1n) is 3.75. The molecule has 0 bridgehead atoms. The highest BCUT2D eigenvalue weighted by molar-refractivity contribution is 7.10. The number of thiophene rings is 1. The van der Waals surface area contributed by atoms with Crippen molar-refractivity contribution in [3.05, 3.63) is 28.0 Å². The molecule has 1 aromatic rings. The molecule has 0 amide bonds. The zero-order valence-corrected chi connectivity index (χ0v) is 7.47. The number of ether oxygens (including phenoxy) is 1. The van der Waals surface area contributed by atoms with E-state index in [-0.39, 0.29) is 6.42 Å². The molecule has 0 atom stereocenters. The van der Waals surface area contributed by atoms with Crippen LogP contribution in [0.2, 0.25) is 0 Å². The minimum atomic E-state index is -0.515. The third kappa shape index (κ3) is 1.67. The van der Waals surface area contributed by atoms with E-state index in [0.29, 0.717) is 5.57 Å². The fourth-order valence-electron chi connectivity index (χ4n) is 1.09. The van der Waals surface area contributed by atoms with Crippen LogP contribution in [0, 0.1) is 0 Å². The van der Waals surface area contributed by atoms with Crippen molar-refractivity contribution < 1.29 is 14.3 Å². The summed E-state index contributed by atoms with van der Waals surface area (Å²) in [4.78, 5) is 22.7. The van der Waals surface area contributed by atoms with E-state index in [1.54, 1.807) is 6.08 Å². The van der Waals surface area contributed by atoms with Gasteiger partial charge in [-0.3, -0.25) is 4.79 Å². The molecule has 1 fully saturated rings. The third-order valence-electron chi connectivity index (χ3n) is 1.66. The lowest BCUT2D eigenvalue weighted by molar-refractivity contribution is -0.151. The lowest BCUT2D eigenvalue weighted by atomic mass is 10.2. The fourth-order valence-corrected chi connectivity index (χ4v) is 1.77. The van der Waals surface area contributed by atoms with Crippen LogP contribution in [0.15, 0.2) is 23.1 Å². The van der Waals surface area contributed by atoms with Crippen LogP contribution >= 0.6 is 11.3 Å². The maximum Gasteiger partial charge on any atom is 0.342 e. The van der Waals surface area contributed by atoms with Gasteiger partial charge in [0, 0.05) is 4.88 Å². The van der Waals surface area contributed by atoms with Crippen molar-refractivity contribution in [2.75, 3.05) is 0 Å². The summed E-state index contributed by atoms with van der Waals surface area (Å²) in [6, 6.07) is 3.77. The Morgan fingerprint density at radius 1 is 1.46 bits per heavy atom. The maximum atomic E-state index is 11.0. The van der Waals surface area contributed by atoms with E-state index in [4.69, 9.17) is 0 Å². The predicted molar refractivity (Wildman–Crippen MR) is 48.0 cm³/mol. The first-order chi connectivity index (χ1) is 6.25. The SMILES string of the molecule is O=C1CC(=Cc2cccs2)C(=O)O1. The first-order valence-corrected chi connectivity index (χ1v) is 4.63. The number of carbonyl (C=O) groups excluding carboxylic acids is 2. The van der Waals surface area contributed by atoms with Crippen molar-refractivity contribution in [3.63, 3.8) is 0 Å². The second kappa shape index (κ2) is 3.14. The first kappa shape index (κ1) is 8.19. The molecule has 0 N–H and O–H groups in total. The molecule has 2 rings (SSSR count). The Morgan fingerprint density at radius 3 is 2.85 bits per heavy atom. The van der Waals surface area contributed by atoms with Crippen molar-refractivity contribution in [2.45, 2.75) is 6.42 Å². The molecule has 1 aromatic heterocycles. The number of cyclic esters (lactones) is 2. The Hall–Kier alpha value is -1.42. The average molecular weight is 194 g/mol. The van der Waals surface area contributed by atoms with E-state index in [9.17, 15) is 9.59 Å². The molecule has 0 unspecified atom stereocenters. The molecule has 1 aliphatic heterocycles. The van der Waals surface area contributed by atoms with Gasteiger partial charge in [-0.15, -0.1) is 11.3 Å². The van der Waals surface area contributed by atoms with Crippen molar-refractivity contribution in [1.82, 2.24) is 0 Å². The summed E-state index contributed by atoms with van der Waals surface area (Å²) in [5.41, 5.74) is 0.437. The van der Waals surface area contributed by atoms with Crippen molar-refractivity contribution >= 4 is 29.4 Å². The van der Waals surface area contributed by atoms with Gasteiger partial charge < -0.3 is 4.74 Å². The van der Waals surface area contributed by atoms with Crippen LogP contribution in [-0.4, -0.2) is 11.9 Å². The van der Waals surface area contributed by atoms with Crippen molar-refractivity contribution in [3.8, 4) is 0 Å². The second-order valence-corrected chi connectivity index (χ2v) is 3.60. The number of esters is 2. The molecule has 13 heavy (non-hydrogen) atoms. The summed E-state index contributed by atoms with van der Waals surface area (Å²) in [7, 11) is 0. The van der Waals surface area contributed by atoms with Crippen LogP contribution in [0.5, 0.6) is 0 Å². The van der Waals surface area contributed by atoms with Crippen LogP contribution in [-0.2, 0) is 14.3 Å². The van der Waals surface area contributed by atoms with Crippen LogP contribution in [0.3, 0.4) is 0 Å². The molecule has 0 aromatic carbocycles. The number of hydrogen-bond acceptors (Lipinski definition) is 4. The summed E-state index contributed by atoms with van der Waals surface area (Å²) in [5.74, 6) is -0.980. The third-order valence-corrected chi connectivity index (χ3v) is 2.48. The molecule has 0 aliphatic carbocycles. The van der Waals surface area contributed by atoms with E-state index < -0.39 is 11.9 Å². The molecule has 1 aliphatic rings. The van der Waals surface area contributed by atoms with Gasteiger partial charge in [-0.2, -0.15) is 0 Å². The monoisotopic (exact) mass is 194 g/mol. The Kier molecular flexibility index (Phi) is 1.98. The van der Waals surface area contributed by atoms with E-state index >= 15 is 0 Å². The molecular weight excluding hydrogens is 188 g/mol. The molecule has 3 nitrogen and oxygen atoms in total. The van der Waals surface area contributed by atoms with Gasteiger partial charge in [-0.05, 0) is 17.5 Å². The van der Waals surface area contributed by atoms with Crippen LogP contribution in [0.4, 0.5) is 0 Å². The van der Waals surface area contributed by atoms with Crippen molar-refractivity contribution in [1.29, 1.82) is 0 Å². The highest BCUT2D eigenvalue weighted by atomic mass is 32.1. The standard InChI is InChI=1S/C9H6O3S/c10-8-5-6(9(11)12-8)4-7-2-1-3-13-7/h1-4H,5H2. The van der Waals surface area contributed by atoms with Gasteiger partial charge in [0.15, 0.2) is 0 Å². The Balaban J connectivity index is 2.27. The summed E-state index contributed by atoms with van der Waals surface area (Å²) in [6.45, 7) is 0. The molecule has 1 saturated heterocycles. The lowest BCUT2D eigenvalue weighted by Crippen LogP contribution is -1.96. The topological polar surface area (TPSA) is 43.4 Å². The maximum absolute atomic E-state index is 11.0. The Bertz CT molecular complexity index is 376. The average Bonchev–Trinajstić information content (AvgIpc) is 2.63. The quantitative estimate of drug-likeness (QED) is 0.387. The normalized spacial score (nSPS) is 19.5. The Morgan fingerprint density at radius 2 is 2.31 bits per heavy atom. The molecule has 0 spiro atoms. The molecule has 0 radical (unpaired) electrons. The zero-order valence-electron chi connectivity index (χ0n) is 6.65. The molecule has 66 valence electrons. The minimum absolute atomic E-state index is 0.0940. The van der Waals surface area contributed by atoms with E-state index in [2.05, 4.69) is 4.74 Å². The Labute approximate surface area is 78.6 Å². The van der Waals surface area contributed by atoms with Crippen molar-refractivity contribution in [2.24, 2.45) is 0 Å². The van der Waals surface area contributed by atoms with Gasteiger partial charge in [0.1, 0.15) is 0 Å². The van der Waals surface area contributed by atoms with Gasteiger partial charge in [0.05, 0.1) is 12.0 Å². The van der Waals surface area contributed by atoms with Crippen LogP contribution in [0.25, 0.3) is 6.08 Å². The second-order valence-electron chi connectivity index (χ2n) is 2.62. The van der Waals surface area contributed by atoms with Crippen LogP contribution < -0.4 is 0 Å². The lowest BCUT2D eigenvalue weighted by Gasteiger charge is -1.87. The summed E-state index contributed by atoms with van der Waals surface area (Å²) >= 11 is 1.52. The van der Waals surface area contributed by atoms with Crippen LogP contribution in [0.1, 0.15) is 11.3 Å². The number of carbonyl (C=O) groups is 2. The summed E-state index contributed by atoms with van der Waals surface area (Å²) < 4.78 is 4.38. The summed E-state index contributed by atoms with van der Waals surface area (Å²) in [6.07, 6.45) is 1.79. The van der Waals surface area contributed by atoms with E-state index in [1.165, 1.54) is 11.3 Å². The van der Waals surface area contributed by atoms with E-state index in [1.807, 2.05) is 17.5 Å². The van der Waals surface area contributed by atoms with Gasteiger partial charge in [0.25, 0.3) is 0 Å². The van der Waals surface area contributed by atoms with Gasteiger partial charge in [-0.25, -0.2) is 4.79 Å². The number of hydrogen-bond donors (Lipinski definition) is 0. The number of rotatable bonds is 1. The smallest absolute Gasteiger partial charge is 0.342 e. The molecule has 4 heteroatoms. The molecule has 0 saturated carbocycles. The molecule has 2 heterocycles. The largest absolute Gasteiger partial charge is 0.389 e. The van der Waals surface area contributed by atoms with Gasteiger partial charge >= 0.3 is 11.9 Å². The summed E-state index contributed by atoms with van der Waals surface area (Å²) in [5, 5.41) is 1.91. The highest BCUT2D eigenvalue weighted by Crippen LogP contribution is 2.20. The van der Waals surface area contributed by atoms with Gasteiger partial charge in [0.2, 0.25) is 0 Å².